The zero-order valence-electron chi connectivity index (χ0n) is 9.88. The van der Waals surface area contributed by atoms with Gasteiger partial charge >= 0.3 is 5.97 Å². The highest BCUT2D eigenvalue weighted by Crippen LogP contribution is 2.21. The van der Waals surface area contributed by atoms with Crippen LogP contribution in [0.2, 0.25) is 0 Å². The highest BCUT2D eigenvalue weighted by Gasteiger charge is 2.24. The van der Waals surface area contributed by atoms with Crippen LogP contribution in [0.4, 0.5) is 0 Å². The maximum absolute atomic E-state index is 11.6. The molecule has 0 aromatic carbocycles. The first-order valence-electron chi connectivity index (χ1n) is 5.44. The summed E-state index contributed by atoms with van der Waals surface area (Å²) in [7, 11) is 0. The second-order valence-electron chi connectivity index (χ2n) is 4.50. The number of carbonyl (C=O) groups excluding carboxylic acids is 1. The zero-order valence-corrected chi connectivity index (χ0v) is 9.88. The van der Waals surface area contributed by atoms with Gasteiger partial charge in [0.15, 0.2) is 0 Å². The van der Waals surface area contributed by atoms with Crippen LogP contribution in [-0.2, 0) is 9.53 Å². The van der Waals surface area contributed by atoms with Gasteiger partial charge in [0.25, 0.3) is 0 Å². The first-order chi connectivity index (χ1) is 6.49. The molecule has 0 aliphatic rings. The van der Waals surface area contributed by atoms with E-state index in [0.717, 1.165) is 6.42 Å². The third-order valence-corrected chi connectivity index (χ3v) is 2.22. The number of rotatable bonds is 6. The molecule has 0 saturated carbocycles. The molecule has 0 fully saturated rings. The molecule has 0 saturated heterocycles. The van der Waals surface area contributed by atoms with Crippen LogP contribution < -0.4 is 5.73 Å². The molecule has 0 aliphatic heterocycles. The van der Waals surface area contributed by atoms with Gasteiger partial charge in [-0.2, -0.15) is 0 Å². The molecule has 0 aromatic rings. The van der Waals surface area contributed by atoms with E-state index in [1.807, 2.05) is 0 Å². The predicted octanol–water partition coefficient (Wildman–Crippen LogP) is 1.09. The van der Waals surface area contributed by atoms with Crippen LogP contribution in [0.1, 0.15) is 34.1 Å². The Hall–Kier alpha value is -0.570. The maximum Gasteiger partial charge on any atom is 0.309 e. The van der Waals surface area contributed by atoms with E-state index in [2.05, 4.69) is 33.4 Å². The van der Waals surface area contributed by atoms with E-state index < -0.39 is 0 Å². The summed E-state index contributed by atoms with van der Waals surface area (Å²) in [4.78, 5) is 11.6. The van der Waals surface area contributed by atoms with E-state index in [1.54, 1.807) is 0 Å². The molecule has 1 unspecified atom stereocenters. The van der Waals surface area contributed by atoms with Crippen molar-refractivity contribution in [3.8, 4) is 0 Å². The number of hydrogen-bond acceptors (Lipinski definition) is 2. The molecule has 0 heterocycles. The Balaban J connectivity index is 4.12. The molecular weight excluding hydrogens is 178 g/mol. The van der Waals surface area contributed by atoms with Crippen molar-refractivity contribution >= 4 is 5.97 Å². The topological polar surface area (TPSA) is 53.9 Å². The van der Waals surface area contributed by atoms with Crippen molar-refractivity contribution in [3.63, 3.8) is 0 Å². The summed E-state index contributed by atoms with van der Waals surface area (Å²) in [5.74, 6) is 0.878. The third kappa shape index (κ3) is 5.22. The minimum absolute atomic E-state index is 0.0431. The summed E-state index contributed by atoms with van der Waals surface area (Å²) >= 11 is 0. The Kier molecular flexibility index (Phi) is 6.54. The smallest absolute Gasteiger partial charge is 0.309 e. The quantitative estimate of drug-likeness (QED) is 0.655. The molecule has 0 aromatic heterocycles. The van der Waals surface area contributed by atoms with E-state index in [4.69, 9.17) is 4.74 Å². The number of ether oxygens (including phenoxy) is 1. The van der Waals surface area contributed by atoms with E-state index in [0.29, 0.717) is 25.0 Å². The molecular formula is C11H24NO2+. The van der Waals surface area contributed by atoms with Crippen LogP contribution in [0, 0.1) is 17.8 Å². The monoisotopic (exact) mass is 202 g/mol. The molecule has 14 heavy (non-hydrogen) atoms. The molecule has 0 spiro atoms. The van der Waals surface area contributed by atoms with Gasteiger partial charge in [-0.1, -0.05) is 27.7 Å². The summed E-state index contributed by atoms with van der Waals surface area (Å²) in [5, 5.41) is 0. The molecule has 3 heteroatoms. The van der Waals surface area contributed by atoms with Crippen LogP contribution >= 0.6 is 0 Å². The minimum Gasteiger partial charge on any atom is -0.459 e. The van der Waals surface area contributed by atoms with Gasteiger partial charge in [-0.25, -0.2) is 0 Å². The summed E-state index contributed by atoms with van der Waals surface area (Å²) < 4.78 is 5.11. The van der Waals surface area contributed by atoms with E-state index in [1.165, 1.54) is 0 Å². The lowest BCUT2D eigenvalue weighted by molar-refractivity contribution is -0.372. The Morgan fingerprint density at radius 2 is 1.86 bits per heavy atom. The number of hydrogen-bond donors (Lipinski definition) is 1. The molecule has 0 amide bonds. The Labute approximate surface area is 87.0 Å². The fraction of sp³-hybridized carbons (Fsp3) is 0.909. The summed E-state index contributed by atoms with van der Waals surface area (Å²) in [5.41, 5.74) is 3.65. The van der Waals surface area contributed by atoms with Crippen LogP contribution in [0.25, 0.3) is 0 Å². The Bertz CT molecular complexity index is 167. The zero-order chi connectivity index (χ0) is 11.1. The summed E-state index contributed by atoms with van der Waals surface area (Å²) in [6.07, 6.45) is 0.910. The van der Waals surface area contributed by atoms with Crippen LogP contribution in [0.15, 0.2) is 0 Å². The molecule has 84 valence electrons. The van der Waals surface area contributed by atoms with Gasteiger partial charge in [-0.05, 0) is 18.3 Å². The van der Waals surface area contributed by atoms with Gasteiger partial charge in [0.2, 0.25) is 0 Å². The second-order valence-corrected chi connectivity index (χ2v) is 4.50. The first kappa shape index (κ1) is 13.4. The van der Waals surface area contributed by atoms with E-state index in [9.17, 15) is 4.79 Å². The predicted molar refractivity (Wildman–Crippen MR) is 56.5 cm³/mol. The highest BCUT2D eigenvalue weighted by molar-refractivity contribution is 5.72. The van der Waals surface area contributed by atoms with Crippen molar-refractivity contribution in [2.45, 2.75) is 34.1 Å². The van der Waals surface area contributed by atoms with Gasteiger partial charge in [0, 0.05) is 0 Å². The molecule has 0 rings (SSSR count). The van der Waals surface area contributed by atoms with Gasteiger partial charge in [-0.3, -0.25) is 4.79 Å². The van der Waals surface area contributed by atoms with Crippen molar-refractivity contribution in [3.05, 3.63) is 0 Å². The SMILES string of the molecule is CC(C)CC(C(=O)OCC[NH3+])C(C)C. The largest absolute Gasteiger partial charge is 0.459 e. The molecule has 1 atom stereocenters. The molecule has 0 aliphatic carbocycles. The number of carbonyl (C=O) groups is 1. The highest BCUT2D eigenvalue weighted by atomic mass is 16.5. The minimum atomic E-state index is -0.0580. The first-order valence-corrected chi connectivity index (χ1v) is 5.44. The average Bonchev–Trinajstić information content (AvgIpc) is 2.09. The van der Waals surface area contributed by atoms with Crippen molar-refractivity contribution in [2.75, 3.05) is 13.2 Å². The van der Waals surface area contributed by atoms with Crippen molar-refractivity contribution in [1.82, 2.24) is 0 Å². The molecule has 0 bridgehead atoms. The Morgan fingerprint density at radius 3 is 2.21 bits per heavy atom. The van der Waals surface area contributed by atoms with Gasteiger partial charge in [0.05, 0.1) is 5.92 Å². The third-order valence-electron chi connectivity index (χ3n) is 2.22. The van der Waals surface area contributed by atoms with Gasteiger partial charge < -0.3 is 10.5 Å². The number of quaternary nitrogens is 1. The summed E-state index contributed by atoms with van der Waals surface area (Å²) in [6.45, 7) is 9.49. The summed E-state index contributed by atoms with van der Waals surface area (Å²) in [6, 6.07) is 0. The standard InChI is InChI=1S/C11H23NO2/c1-8(2)7-10(9(3)4)11(13)14-6-5-12/h8-10H,5-7,12H2,1-4H3/p+1. The van der Waals surface area contributed by atoms with E-state index in [-0.39, 0.29) is 11.9 Å². The van der Waals surface area contributed by atoms with Crippen molar-refractivity contribution in [1.29, 1.82) is 0 Å². The fourth-order valence-corrected chi connectivity index (χ4v) is 1.43. The second kappa shape index (κ2) is 6.82. The molecule has 0 radical (unpaired) electrons. The Morgan fingerprint density at radius 1 is 1.29 bits per heavy atom. The lowest BCUT2D eigenvalue weighted by Gasteiger charge is -2.20. The average molecular weight is 202 g/mol. The van der Waals surface area contributed by atoms with Crippen LogP contribution in [0.3, 0.4) is 0 Å². The van der Waals surface area contributed by atoms with Gasteiger partial charge in [0.1, 0.15) is 13.2 Å². The van der Waals surface area contributed by atoms with Crippen molar-refractivity contribution in [2.24, 2.45) is 17.8 Å². The van der Waals surface area contributed by atoms with E-state index >= 15 is 0 Å². The lowest BCUT2D eigenvalue weighted by atomic mass is 9.88. The van der Waals surface area contributed by atoms with Crippen molar-refractivity contribution < 1.29 is 15.3 Å². The number of esters is 1. The van der Waals surface area contributed by atoms with Crippen LogP contribution in [0.5, 0.6) is 0 Å². The normalized spacial score (nSPS) is 13.4. The molecule has 3 nitrogen and oxygen atoms in total. The fourth-order valence-electron chi connectivity index (χ4n) is 1.43. The van der Waals surface area contributed by atoms with Crippen LogP contribution in [-0.4, -0.2) is 19.1 Å². The van der Waals surface area contributed by atoms with Gasteiger partial charge in [-0.15, -0.1) is 0 Å². The maximum atomic E-state index is 11.6. The molecule has 3 N–H and O–H groups in total. The lowest BCUT2D eigenvalue weighted by Crippen LogP contribution is -2.52.